The minimum Gasteiger partial charge on any atom is -0.508 e. The Kier molecular flexibility index (Phi) is 5.44. The first-order valence-electron chi connectivity index (χ1n) is 7.79. The summed E-state index contributed by atoms with van der Waals surface area (Å²) in [5, 5.41) is 13.3. The van der Waals surface area contributed by atoms with Gasteiger partial charge in [0, 0.05) is 12.6 Å². The topological polar surface area (TPSA) is 41.5 Å². The van der Waals surface area contributed by atoms with Crippen molar-refractivity contribution in [2.24, 2.45) is 0 Å². The van der Waals surface area contributed by atoms with Crippen LogP contribution in [0.25, 0.3) is 0 Å². The monoisotopic (exact) mass is 277 g/mol. The van der Waals surface area contributed by atoms with Gasteiger partial charge in [0.15, 0.2) is 0 Å². The predicted octanol–water partition coefficient (Wildman–Crippen LogP) is 3.26. The minimum absolute atomic E-state index is 0.0983. The molecule has 1 aromatic rings. The lowest BCUT2D eigenvalue weighted by molar-refractivity contribution is -0.0883. The van der Waals surface area contributed by atoms with E-state index in [0.717, 1.165) is 38.0 Å². The molecule has 0 aliphatic carbocycles. The van der Waals surface area contributed by atoms with Gasteiger partial charge in [-0.2, -0.15) is 0 Å². The van der Waals surface area contributed by atoms with E-state index in [0.29, 0.717) is 11.8 Å². The second-order valence-electron chi connectivity index (χ2n) is 6.00. The molecule has 20 heavy (non-hydrogen) atoms. The lowest BCUT2D eigenvalue weighted by Gasteiger charge is -2.41. The van der Waals surface area contributed by atoms with Crippen LogP contribution in [0.5, 0.6) is 5.75 Å². The fourth-order valence-corrected chi connectivity index (χ4v) is 2.97. The lowest BCUT2D eigenvalue weighted by atomic mass is 9.84. The van der Waals surface area contributed by atoms with Crippen LogP contribution in [0.2, 0.25) is 0 Å². The van der Waals surface area contributed by atoms with Gasteiger partial charge in [0.1, 0.15) is 5.75 Å². The molecule has 2 rings (SSSR count). The van der Waals surface area contributed by atoms with Gasteiger partial charge in [-0.1, -0.05) is 19.1 Å². The first-order valence-corrected chi connectivity index (χ1v) is 7.79. The molecular weight excluding hydrogens is 250 g/mol. The van der Waals surface area contributed by atoms with E-state index >= 15 is 0 Å². The third kappa shape index (κ3) is 3.97. The second-order valence-corrected chi connectivity index (χ2v) is 6.00. The van der Waals surface area contributed by atoms with Gasteiger partial charge in [0.25, 0.3) is 0 Å². The zero-order chi connectivity index (χ0) is 14.4. The first-order chi connectivity index (χ1) is 9.64. The number of nitrogens with one attached hydrogen (secondary N) is 1. The van der Waals surface area contributed by atoms with Gasteiger partial charge in [-0.3, -0.25) is 0 Å². The summed E-state index contributed by atoms with van der Waals surface area (Å²) in [6.45, 7) is 6.27. The van der Waals surface area contributed by atoms with Gasteiger partial charge >= 0.3 is 0 Å². The number of benzene rings is 1. The summed E-state index contributed by atoms with van der Waals surface area (Å²) in [5.74, 6) is 0.339. The van der Waals surface area contributed by atoms with Crippen molar-refractivity contribution in [2.45, 2.75) is 57.6 Å². The van der Waals surface area contributed by atoms with E-state index in [-0.39, 0.29) is 5.60 Å². The van der Waals surface area contributed by atoms with Crippen LogP contribution >= 0.6 is 0 Å². The van der Waals surface area contributed by atoms with Gasteiger partial charge in [-0.25, -0.2) is 0 Å². The molecule has 0 saturated carbocycles. The Morgan fingerprint density at radius 1 is 1.40 bits per heavy atom. The van der Waals surface area contributed by atoms with Gasteiger partial charge in [-0.15, -0.1) is 0 Å². The van der Waals surface area contributed by atoms with Crippen LogP contribution in [0, 0.1) is 0 Å². The molecule has 0 radical (unpaired) electrons. The highest BCUT2D eigenvalue weighted by molar-refractivity contribution is 5.28. The summed E-state index contributed by atoms with van der Waals surface area (Å²) in [7, 11) is 0. The molecule has 1 aromatic carbocycles. The number of phenolic OH excluding ortho intramolecular Hbond substituents is 1. The fraction of sp³-hybridized carbons (Fsp3) is 0.647. The number of phenols is 1. The molecule has 2 N–H and O–H groups in total. The number of aromatic hydroxyl groups is 1. The molecule has 3 nitrogen and oxygen atoms in total. The number of hydrogen-bond acceptors (Lipinski definition) is 3. The minimum atomic E-state index is -0.0983. The Labute approximate surface area is 122 Å². The van der Waals surface area contributed by atoms with Crippen molar-refractivity contribution in [3.63, 3.8) is 0 Å². The quantitative estimate of drug-likeness (QED) is 0.838. The highest BCUT2D eigenvalue weighted by Gasteiger charge is 2.36. The first kappa shape index (κ1) is 15.3. The van der Waals surface area contributed by atoms with Crippen molar-refractivity contribution >= 4 is 0 Å². The zero-order valence-electron chi connectivity index (χ0n) is 12.7. The summed E-state index contributed by atoms with van der Waals surface area (Å²) >= 11 is 0. The normalized spacial score (nSPS) is 24.5. The van der Waals surface area contributed by atoms with E-state index < -0.39 is 0 Å². The van der Waals surface area contributed by atoms with Crippen molar-refractivity contribution in [1.29, 1.82) is 0 Å². The van der Waals surface area contributed by atoms with Crippen molar-refractivity contribution in [2.75, 3.05) is 13.2 Å². The van der Waals surface area contributed by atoms with Gasteiger partial charge in [0.2, 0.25) is 0 Å². The average Bonchev–Trinajstić information content (AvgIpc) is 2.44. The molecule has 1 aliphatic rings. The van der Waals surface area contributed by atoms with Crippen LogP contribution < -0.4 is 5.32 Å². The molecule has 1 fully saturated rings. The van der Waals surface area contributed by atoms with Crippen molar-refractivity contribution in [3.8, 4) is 5.75 Å². The Morgan fingerprint density at radius 2 is 2.25 bits per heavy atom. The Hall–Kier alpha value is -1.06. The number of rotatable bonds is 6. The third-order valence-corrected chi connectivity index (χ3v) is 4.23. The lowest BCUT2D eigenvalue weighted by Crippen LogP contribution is -2.53. The molecule has 112 valence electrons. The molecule has 0 aromatic heterocycles. The summed E-state index contributed by atoms with van der Waals surface area (Å²) in [6, 6.07) is 7.85. The van der Waals surface area contributed by atoms with Crippen LogP contribution in [-0.4, -0.2) is 29.9 Å². The molecule has 1 heterocycles. The molecule has 0 bridgehead atoms. The molecule has 0 spiro atoms. The molecule has 0 amide bonds. The van der Waals surface area contributed by atoms with Crippen molar-refractivity contribution in [1.82, 2.24) is 5.32 Å². The van der Waals surface area contributed by atoms with Gasteiger partial charge in [0.05, 0.1) is 5.60 Å². The van der Waals surface area contributed by atoms with E-state index in [9.17, 15) is 5.11 Å². The average molecular weight is 277 g/mol. The zero-order valence-corrected chi connectivity index (χ0v) is 12.7. The smallest absolute Gasteiger partial charge is 0.115 e. The Bertz CT molecular complexity index is 413. The third-order valence-electron chi connectivity index (χ3n) is 4.23. The maximum absolute atomic E-state index is 9.62. The predicted molar refractivity (Wildman–Crippen MR) is 82.1 cm³/mol. The summed E-state index contributed by atoms with van der Waals surface area (Å²) in [5.41, 5.74) is 1.06. The van der Waals surface area contributed by atoms with E-state index in [1.165, 1.54) is 12.8 Å². The fourth-order valence-electron chi connectivity index (χ4n) is 2.97. The molecular formula is C17H27NO2. The second kappa shape index (κ2) is 7.09. The van der Waals surface area contributed by atoms with Crippen LogP contribution in [0.4, 0.5) is 0 Å². The van der Waals surface area contributed by atoms with Crippen molar-refractivity contribution in [3.05, 3.63) is 29.8 Å². The van der Waals surface area contributed by atoms with E-state index in [1.54, 1.807) is 6.07 Å². The highest BCUT2D eigenvalue weighted by Crippen LogP contribution is 2.30. The van der Waals surface area contributed by atoms with Gasteiger partial charge < -0.3 is 15.2 Å². The number of ether oxygens (including phenoxy) is 1. The van der Waals surface area contributed by atoms with E-state index in [1.807, 2.05) is 12.1 Å². The maximum Gasteiger partial charge on any atom is 0.115 e. The van der Waals surface area contributed by atoms with Crippen LogP contribution in [0.1, 0.15) is 45.1 Å². The number of hydrogen-bond donors (Lipinski definition) is 2. The molecule has 3 heteroatoms. The Morgan fingerprint density at radius 3 is 2.90 bits per heavy atom. The van der Waals surface area contributed by atoms with Crippen LogP contribution in [-0.2, 0) is 11.2 Å². The standard InChI is InChI=1S/C17H27NO2/c1-3-10-18-16(17(2)9-4-5-11-20-17)13-14-7-6-8-15(19)12-14/h6-8,12,16,18-19H,3-5,9-11,13H2,1-2H3. The summed E-state index contributed by atoms with van der Waals surface area (Å²) < 4.78 is 6.10. The molecule has 2 atom stereocenters. The highest BCUT2D eigenvalue weighted by atomic mass is 16.5. The summed E-state index contributed by atoms with van der Waals surface area (Å²) in [6.07, 6.45) is 5.52. The van der Waals surface area contributed by atoms with Crippen LogP contribution in [0.3, 0.4) is 0 Å². The SMILES string of the molecule is CCCNC(Cc1cccc(O)c1)C1(C)CCCCO1. The largest absolute Gasteiger partial charge is 0.508 e. The van der Waals surface area contributed by atoms with E-state index in [4.69, 9.17) is 4.74 Å². The van der Waals surface area contributed by atoms with Crippen LogP contribution in [0.15, 0.2) is 24.3 Å². The maximum atomic E-state index is 9.62. The van der Waals surface area contributed by atoms with E-state index in [2.05, 4.69) is 25.2 Å². The van der Waals surface area contributed by atoms with Crippen molar-refractivity contribution < 1.29 is 9.84 Å². The van der Waals surface area contributed by atoms with Gasteiger partial charge in [-0.05, 0) is 63.3 Å². The summed E-state index contributed by atoms with van der Waals surface area (Å²) in [4.78, 5) is 0. The molecule has 1 saturated heterocycles. The molecule has 1 aliphatic heterocycles. The molecule has 2 unspecified atom stereocenters. The Balaban J connectivity index is 2.10.